The minimum absolute atomic E-state index is 0.0930. The molecular formula is C22H22ClN3O4. The van der Waals surface area contributed by atoms with E-state index < -0.39 is 12.1 Å². The van der Waals surface area contributed by atoms with Crippen LogP contribution in [0.3, 0.4) is 0 Å². The summed E-state index contributed by atoms with van der Waals surface area (Å²) in [6, 6.07) is 13.5. The molecule has 0 bridgehead atoms. The molecule has 0 fully saturated rings. The summed E-state index contributed by atoms with van der Waals surface area (Å²) in [5, 5.41) is 17.2. The topological polar surface area (TPSA) is 95.7 Å². The Morgan fingerprint density at radius 1 is 1.20 bits per heavy atom. The SMILES string of the molecule is CCC(=O)Nc1ccc(-c2onc(C)c2N(C(=O)O)C(C)c2ccccc2Cl)cc1. The number of nitrogens with one attached hydrogen (secondary N) is 1. The molecule has 0 aliphatic heterocycles. The molecule has 3 aromatic rings. The van der Waals surface area contributed by atoms with E-state index in [0.29, 0.717) is 45.4 Å². The number of carbonyl (C=O) groups excluding carboxylic acids is 1. The number of anilines is 2. The van der Waals surface area contributed by atoms with Crippen LogP contribution in [-0.4, -0.2) is 22.3 Å². The molecule has 1 atom stereocenters. The summed E-state index contributed by atoms with van der Waals surface area (Å²) in [4.78, 5) is 25.0. The summed E-state index contributed by atoms with van der Waals surface area (Å²) in [7, 11) is 0. The van der Waals surface area contributed by atoms with Gasteiger partial charge in [-0.05, 0) is 49.7 Å². The van der Waals surface area contributed by atoms with Crippen LogP contribution in [0.15, 0.2) is 53.1 Å². The highest BCUT2D eigenvalue weighted by Gasteiger charge is 2.31. The number of halogens is 1. The molecule has 30 heavy (non-hydrogen) atoms. The van der Waals surface area contributed by atoms with Crippen molar-refractivity contribution in [1.82, 2.24) is 5.16 Å². The quantitative estimate of drug-likeness (QED) is 0.510. The zero-order valence-corrected chi connectivity index (χ0v) is 17.6. The minimum Gasteiger partial charge on any atom is -0.465 e. The summed E-state index contributed by atoms with van der Waals surface area (Å²) < 4.78 is 5.50. The van der Waals surface area contributed by atoms with E-state index in [1.165, 1.54) is 4.90 Å². The first-order chi connectivity index (χ1) is 14.3. The van der Waals surface area contributed by atoms with Gasteiger partial charge in [0, 0.05) is 22.7 Å². The molecular weight excluding hydrogens is 406 g/mol. The number of aryl methyl sites for hydroxylation is 1. The molecule has 2 N–H and O–H groups in total. The number of hydrogen-bond acceptors (Lipinski definition) is 4. The molecule has 8 heteroatoms. The van der Waals surface area contributed by atoms with Gasteiger partial charge in [-0.2, -0.15) is 0 Å². The number of hydrogen-bond donors (Lipinski definition) is 2. The summed E-state index contributed by atoms with van der Waals surface area (Å²) in [6.07, 6.45) is -0.775. The highest BCUT2D eigenvalue weighted by molar-refractivity contribution is 6.31. The summed E-state index contributed by atoms with van der Waals surface area (Å²) >= 11 is 6.30. The molecule has 1 heterocycles. The van der Waals surface area contributed by atoms with Crippen LogP contribution in [0.25, 0.3) is 11.3 Å². The van der Waals surface area contributed by atoms with Crippen molar-refractivity contribution in [2.24, 2.45) is 0 Å². The lowest BCUT2D eigenvalue weighted by Crippen LogP contribution is -2.33. The van der Waals surface area contributed by atoms with Gasteiger partial charge in [0.05, 0.1) is 6.04 Å². The average molecular weight is 428 g/mol. The third-order valence-electron chi connectivity index (χ3n) is 4.77. The number of aromatic nitrogens is 1. The van der Waals surface area contributed by atoms with Crippen molar-refractivity contribution < 1.29 is 19.2 Å². The van der Waals surface area contributed by atoms with Crippen LogP contribution >= 0.6 is 11.6 Å². The van der Waals surface area contributed by atoms with E-state index in [4.69, 9.17) is 16.1 Å². The maximum atomic E-state index is 12.2. The van der Waals surface area contributed by atoms with Crippen LogP contribution in [0.1, 0.15) is 37.6 Å². The molecule has 3 rings (SSSR count). The highest BCUT2D eigenvalue weighted by Crippen LogP contribution is 2.39. The zero-order chi connectivity index (χ0) is 21.8. The number of carboxylic acid groups (broad SMARTS) is 1. The van der Waals surface area contributed by atoms with Crippen molar-refractivity contribution >= 4 is 35.0 Å². The van der Waals surface area contributed by atoms with Crippen molar-refractivity contribution in [1.29, 1.82) is 0 Å². The first-order valence-corrected chi connectivity index (χ1v) is 9.84. The number of rotatable bonds is 6. The molecule has 156 valence electrons. The Balaban J connectivity index is 2.02. The second kappa shape index (κ2) is 9.00. The van der Waals surface area contributed by atoms with E-state index in [2.05, 4.69) is 10.5 Å². The Morgan fingerprint density at radius 2 is 1.87 bits per heavy atom. The molecule has 1 aromatic heterocycles. The first-order valence-electron chi connectivity index (χ1n) is 9.46. The van der Waals surface area contributed by atoms with E-state index in [1.54, 1.807) is 63.2 Å². The number of benzene rings is 2. The number of nitrogens with zero attached hydrogens (tertiary/aromatic N) is 2. The maximum absolute atomic E-state index is 12.2. The molecule has 1 unspecified atom stereocenters. The van der Waals surface area contributed by atoms with Gasteiger partial charge in [0.1, 0.15) is 11.4 Å². The predicted molar refractivity (Wildman–Crippen MR) is 116 cm³/mol. The smallest absolute Gasteiger partial charge is 0.412 e. The molecule has 0 saturated heterocycles. The summed E-state index contributed by atoms with van der Waals surface area (Å²) in [5.41, 5.74) is 2.74. The monoisotopic (exact) mass is 427 g/mol. The summed E-state index contributed by atoms with van der Waals surface area (Å²) in [6.45, 7) is 5.22. The zero-order valence-electron chi connectivity index (χ0n) is 16.8. The fourth-order valence-electron chi connectivity index (χ4n) is 3.20. The van der Waals surface area contributed by atoms with Crippen molar-refractivity contribution in [2.75, 3.05) is 10.2 Å². The van der Waals surface area contributed by atoms with Crippen LogP contribution in [0.5, 0.6) is 0 Å². The number of amides is 2. The van der Waals surface area contributed by atoms with Crippen molar-refractivity contribution in [3.05, 3.63) is 64.8 Å². The van der Waals surface area contributed by atoms with Gasteiger partial charge in [-0.15, -0.1) is 0 Å². The second-order valence-corrected chi connectivity index (χ2v) is 7.18. The predicted octanol–water partition coefficient (Wildman–Crippen LogP) is 5.90. The van der Waals surface area contributed by atoms with E-state index in [0.717, 1.165) is 0 Å². The fraction of sp³-hybridized carbons (Fsp3) is 0.227. The Hall–Kier alpha value is -3.32. The molecule has 0 saturated carbocycles. The normalized spacial score (nSPS) is 11.7. The molecule has 7 nitrogen and oxygen atoms in total. The van der Waals surface area contributed by atoms with Crippen LogP contribution in [0, 0.1) is 6.92 Å². The highest BCUT2D eigenvalue weighted by atomic mass is 35.5. The molecule has 0 radical (unpaired) electrons. The third kappa shape index (κ3) is 4.31. The third-order valence-corrected chi connectivity index (χ3v) is 5.12. The lowest BCUT2D eigenvalue weighted by molar-refractivity contribution is -0.115. The van der Waals surface area contributed by atoms with E-state index >= 15 is 0 Å². The average Bonchev–Trinajstić information content (AvgIpc) is 3.09. The molecule has 2 aromatic carbocycles. The lowest BCUT2D eigenvalue weighted by Gasteiger charge is -2.27. The van der Waals surface area contributed by atoms with Gasteiger partial charge in [0.2, 0.25) is 5.91 Å². The lowest BCUT2D eigenvalue weighted by atomic mass is 10.0. The van der Waals surface area contributed by atoms with Crippen LogP contribution < -0.4 is 10.2 Å². The Morgan fingerprint density at radius 3 is 2.47 bits per heavy atom. The molecule has 0 aliphatic carbocycles. The molecule has 0 spiro atoms. The number of carbonyl (C=O) groups is 2. The van der Waals surface area contributed by atoms with Gasteiger partial charge < -0.3 is 14.9 Å². The van der Waals surface area contributed by atoms with Gasteiger partial charge in [-0.25, -0.2) is 4.79 Å². The second-order valence-electron chi connectivity index (χ2n) is 6.77. The van der Waals surface area contributed by atoms with E-state index in [-0.39, 0.29) is 5.91 Å². The van der Waals surface area contributed by atoms with E-state index in [1.807, 2.05) is 6.07 Å². The van der Waals surface area contributed by atoms with Crippen molar-refractivity contribution in [3.8, 4) is 11.3 Å². The van der Waals surface area contributed by atoms with Crippen LogP contribution in [-0.2, 0) is 4.79 Å². The largest absolute Gasteiger partial charge is 0.465 e. The Labute approximate surface area is 179 Å². The van der Waals surface area contributed by atoms with Crippen molar-refractivity contribution in [3.63, 3.8) is 0 Å². The van der Waals surface area contributed by atoms with Crippen molar-refractivity contribution in [2.45, 2.75) is 33.2 Å². The van der Waals surface area contributed by atoms with E-state index in [9.17, 15) is 14.7 Å². The van der Waals surface area contributed by atoms with Gasteiger partial charge in [-0.1, -0.05) is 41.9 Å². The molecule has 2 amide bonds. The summed E-state index contributed by atoms with van der Waals surface area (Å²) in [5.74, 6) is 0.228. The molecule has 0 aliphatic rings. The van der Waals surface area contributed by atoms with Crippen LogP contribution in [0.4, 0.5) is 16.2 Å². The Kier molecular flexibility index (Phi) is 6.42. The van der Waals surface area contributed by atoms with Gasteiger partial charge in [-0.3, -0.25) is 9.69 Å². The maximum Gasteiger partial charge on any atom is 0.412 e. The first kappa shape index (κ1) is 21.4. The Bertz CT molecular complexity index is 1060. The fourth-order valence-corrected chi connectivity index (χ4v) is 3.49. The van der Waals surface area contributed by atoms with Crippen LogP contribution in [0.2, 0.25) is 5.02 Å². The van der Waals surface area contributed by atoms with Gasteiger partial charge >= 0.3 is 6.09 Å². The van der Waals surface area contributed by atoms with Gasteiger partial charge in [0.25, 0.3) is 0 Å². The minimum atomic E-state index is -1.15. The van der Waals surface area contributed by atoms with Gasteiger partial charge in [0.15, 0.2) is 5.76 Å². The standard InChI is InChI=1S/C22H22ClN3O4/c1-4-19(27)24-16-11-9-15(10-12-16)21-20(13(2)25-30-21)26(22(28)29)14(3)17-7-5-6-8-18(17)23/h5-12,14H,4H2,1-3H3,(H,24,27)(H,28,29).